The SMILES string of the molecule is CC(=O)N=CCc1nnn(C)n1. The smallest absolute Gasteiger partial charge is 0.242 e. The van der Waals surface area contributed by atoms with Gasteiger partial charge in [0.2, 0.25) is 5.91 Å². The fourth-order valence-electron chi connectivity index (χ4n) is 0.661. The lowest BCUT2D eigenvalue weighted by Crippen LogP contribution is -1.95. The van der Waals surface area contributed by atoms with Crippen LogP contribution in [0.3, 0.4) is 0 Å². The van der Waals surface area contributed by atoms with Gasteiger partial charge < -0.3 is 0 Å². The topological polar surface area (TPSA) is 73.0 Å². The maximum atomic E-state index is 10.4. The average molecular weight is 167 g/mol. The van der Waals surface area contributed by atoms with Crippen LogP contribution in [0.15, 0.2) is 4.99 Å². The summed E-state index contributed by atoms with van der Waals surface area (Å²) in [6.07, 6.45) is 1.91. The highest BCUT2D eigenvalue weighted by molar-refractivity contribution is 5.83. The Labute approximate surface area is 69.3 Å². The second kappa shape index (κ2) is 3.70. The number of aliphatic imine (C=N–C) groups is 1. The van der Waals surface area contributed by atoms with Crippen molar-refractivity contribution < 1.29 is 4.79 Å². The number of hydrogen-bond donors (Lipinski definition) is 0. The summed E-state index contributed by atoms with van der Waals surface area (Å²) in [5.41, 5.74) is 0. The summed E-state index contributed by atoms with van der Waals surface area (Å²) < 4.78 is 0. The normalized spacial score (nSPS) is 10.8. The third-order valence-corrected chi connectivity index (χ3v) is 1.10. The maximum Gasteiger partial charge on any atom is 0.242 e. The van der Waals surface area contributed by atoms with Gasteiger partial charge in [0.25, 0.3) is 0 Å². The van der Waals surface area contributed by atoms with Crippen LogP contribution in [0.5, 0.6) is 0 Å². The predicted octanol–water partition coefficient (Wildman–Crippen LogP) is -0.630. The number of nitrogens with zero attached hydrogens (tertiary/aromatic N) is 5. The van der Waals surface area contributed by atoms with E-state index in [-0.39, 0.29) is 5.91 Å². The largest absolute Gasteiger partial charge is 0.273 e. The number of carbonyl (C=O) groups excluding carboxylic acids is 1. The molecule has 0 atom stereocenters. The Morgan fingerprint density at radius 1 is 1.75 bits per heavy atom. The summed E-state index contributed by atoms with van der Waals surface area (Å²) in [5.74, 6) is 0.335. The molecule has 1 aromatic rings. The zero-order chi connectivity index (χ0) is 8.97. The highest BCUT2D eigenvalue weighted by Gasteiger charge is 1.96. The summed E-state index contributed by atoms with van der Waals surface area (Å²) in [6, 6.07) is 0. The molecule has 0 fully saturated rings. The molecule has 0 unspecified atom stereocenters. The molecule has 0 bridgehead atoms. The van der Waals surface area contributed by atoms with E-state index < -0.39 is 0 Å². The van der Waals surface area contributed by atoms with Crippen LogP contribution in [0.2, 0.25) is 0 Å². The molecular weight excluding hydrogens is 158 g/mol. The molecule has 0 aliphatic heterocycles. The Balaban J connectivity index is 2.48. The van der Waals surface area contributed by atoms with Crippen molar-refractivity contribution in [2.24, 2.45) is 12.0 Å². The van der Waals surface area contributed by atoms with E-state index in [1.165, 1.54) is 17.9 Å². The molecule has 0 saturated carbocycles. The Morgan fingerprint density at radius 2 is 2.50 bits per heavy atom. The molecule has 64 valence electrons. The molecule has 0 spiro atoms. The molecule has 0 saturated heterocycles. The van der Waals surface area contributed by atoms with E-state index in [1.807, 2.05) is 0 Å². The van der Waals surface area contributed by atoms with Gasteiger partial charge in [-0.1, -0.05) is 0 Å². The summed E-state index contributed by atoms with van der Waals surface area (Å²) in [6.45, 7) is 1.39. The fourth-order valence-corrected chi connectivity index (χ4v) is 0.661. The molecule has 6 heteroatoms. The second-order valence-corrected chi connectivity index (χ2v) is 2.23. The van der Waals surface area contributed by atoms with Gasteiger partial charge in [0.05, 0.1) is 7.05 Å². The van der Waals surface area contributed by atoms with Crippen molar-refractivity contribution in [1.29, 1.82) is 0 Å². The molecule has 12 heavy (non-hydrogen) atoms. The molecule has 0 radical (unpaired) electrons. The van der Waals surface area contributed by atoms with Crippen LogP contribution in [0.25, 0.3) is 0 Å². The van der Waals surface area contributed by atoms with E-state index >= 15 is 0 Å². The van der Waals surface area contributed by atoms with E-state index in [9.17, 15) is 4.79 Å². The van der Waals surface area contributed by atoms with Crippen LogP contribution in [0.1, 0.15) is 12.7 Å². The lowest BCUT2D eigenvalue weighted by atomic mass is 10.4. The lowest BCUT2D eigenvalue weighted by Gasteiger charge is -1.82. The molecular formula is C6H9N5O. The van der Waals surface area contributed by atoms with E-state index in [4.69, 9.17) is 0 Å². The van der Waals surface area contributed by atoms with Crippen LogP contribution in [0.4, 0.5) is 0 Å². The minimum atomic E-state index is -0.223. The standard InChI is InChI=1S/C6H9N5O/c1-5(12)7-4-3-6-8-10-11(2)9-6/h4H,3H2,1-2H3. The molecule has 6 nitrogen and oxygen atoms in total. The van der Waals surface area contributed by atoms with Gasteiger partial charge in [0.15, 0.2) is 5.82 Å². The van der Waals surface area contributed by atoms with Gasteiger partial charge >= 0.3 is 0 Å². The molecule has 0 aromatic carbocycles. The van der Waals surface area contributed by atoms with Gasteiger partial charge in [-0.15, -0.1) is 10.2 Å². The van der Waals surface area contributed by atoms with E-state index in [2.05, 4.69) is 20.4 Å². The van der Waals surface area contributed by atoms with Crippen LogP contribution in [-0.4, -0.2) is 32.3 Å². The van der Waals surface area contributed by atoms with Crippen molar-refractivity contribution in [1.82, 2.24) is 20.2 Å². The zero-order valence-corrected chi connectivity index (χ0v) is 6.93. The van der Waals surface area contributed by atoms with Gasteiger partial charge in [0.1, 0.15) is 0 Å². The Bertz CT molecular complexity index is 303. The van der Waals surface area contributed by atoms with Crippen LogP contribution < -0.4 is 0 Å². The first-order valence-electron chi connectivity index (χ1n) is 3.44. The summed E-state index contributed by atoms with van der Waals surface area (Å²) in [4.78, 5) is 15.3. The molecule has 0 N–H and O–H groups in total. The van der Waals surface area contributed by atoms with Crippen molar-refractivity contribution >= 4 is 12.1 Å². The van der Waals surface area contributed by atoms with Gasteiger partial charge in [-0.25, -0.2) is 4.99 Å². The number of hydrogen-bond acceptors (Lipinski definition) is 4. The van der Waals surface area contributed by atoms with Crippen molar-refractivity contribution in [2.45, 2.75) is 13.3 Å². The highest BCUT2D eigenvalue weighted by Crippen LogP contribution is 1.84. The molecule has 1 aromatic heterocycles. The van der Waals surface area contributed by atoms with Crippen LogP contribution in [-0.2, 0) is 18.3 Å². The Morgan fingerprint density at radius 3 is 3.00 bits per heavy atom. The molecule has 0 aliphatic carbocycles. The molecule has 0 aliphatic rings. The Hall–Kier alpha value is -1.59. The third-order valence-electron chi connectivity index (χ3n) is 1.10. The first kappa shape index (κ1) is 8.51. The summed E-state index contributed by atoms with van der Waals surface area (Å²) in [7, 11) is 1.68. The number of aromatic nitrogens is 4. The van der Waals surface area contributed by atoms with Crippen molar-refractivity contribution in [3.05, 3.63) is 5.82 Å². The zero-order valence-electron chi connectivity index (χ0n) is 6.93. The van der Waals surface area contributed by atoms with E-state index in [1.54, 1.807) is 7.05 Å². The van der Waals surface area contributed by atoms with E-state index in [0.717, 1.165) is 0 Å². The quantitative estimate of drug-likeness (QED) is 0.550. The predicted molar refractivity (Wildman–Crippen MR) is 41.7 cm³/mol. The van der Waals surface area contributed by atoms with Gasteiger partial charge in [-0.2, -0.15) is 4.80 Å². The minimum Gasteiger partial charge on any atom is -0.273 e. The molecule has 1 heterocycles. The molecule has 1 rings (SSSR count). The maximum absolute atomic E-state index is 10.4. The number of carbonyl (C=O) groups is 1. The summed E-state index contributed by atoms with van der Waals surface area (Å²) >= 11 is 0. The first-order valence-corrected chi connectivity index (χ1v) is 3.44. The van der Waals surface area contributed by atoms with Crippen molar-refractivity contribution in [3.8, 4) is 0 Å². The number of rotatable bonds is 2. The third kappa shape index (κ3) is 2.57. The van der Waals surface area contributed by atoms with Gasteiger partial charge in [0, 0.05) is 19.6 Å². The average Bonchev–Trinajstić information content (AvgIpc) is 2.35. The van der Waals surface area contributed by atoms with Gasteiger partial charge in [-0.05, 0) is 5.21 Å². The van der Waals surface area contributed by atoms with Crippen molar-refractivity contribution in [3.63, 3.8) is 0 Å². The van der Waals surface area contributed by atoms with Gasteiger partial charge in [-0.3, -0.25) is 4.79 Å². The lowest BCUT2D eigenvalue weighted by molar-refractivity contribution is -0.115. The monoisotopic (exact) mass is 167 g/mol. The Kier molecular flexibility index (Phi) is 2.62. The summed E-state index contributed by atoms with van der Waals surface area (Å²) in [5, 5.41) is 11.2. The first-order chi connectivity index (χ1) is 5.68. The number of tetrazole rings is 1. The number of amides is 1. The molecule has 1 amide bonds. The van der Waals surface area contributed by atoms with Crippen LogP contribution >= 0.6 is 0 Å². The van der Waals surface area contributed by atoms with Crippen LogP contribution in [0, 0.1) is 0 Å². The minimum absolute atomic E-state index is 0.223. The fraction of sp³-hybridized carbons (Fsp3) is 0.500. The highest BCUT2D eigenvalue weighted by atomic mass is 16.1. The van der Waals surface area contributed by atoms with E-state index in [0.29, 0.717) is 12.2 Å². The number of aryl methyl sites for hydroxylation is 1. The van der Waals surface area contributed by atoms with Crippen molar-refractivity contribution in [2.75, 3.05) is 0 Å². The second-order valence-electron chi connectivity index (χ2n) is 2.23.